The fourth-order valence-corrected chi connectivity index (χ4v) is 2.03. The number of carbonyl (C=O) groups is 1. The lowest BCUT2D eigenvalue weighted by molar-refractivity contribution is 0.0934. The molecule has 3 nitrogen and oxygen atoms in total. The molecule has 0 radical (unpaired) electrons. The van der Waals surface area contributed by atoms with Crippen LogP contribution in [0.15, 0.2) is 22.7 Å². The summed E-state index contributed by atoms with van der Waals surface area (Å²) in [5.74, 6) is -0.0864. The standard InChI is InChI=1S/C12H16BrClN2O/c1-8(7-16(2)3)15-12(17)9-4-5-11(14)10(13)6-9/h4-6,8H,7H2,1-3H3,(H,15,17). The van der Waals surface area contributed by atoms with Gasteiger partial charge in [0, 0.05) is 22.6 Å². The quantitative estimate of drug-likeness (QED) is 0.925. The topological polar surface area (TPSA) is 32.3 Å². The molecule has 0 bridgehead atoms. The van der Waals surface area contributed by atoms with Crippen molar-refractivity contribution in [3.05, 3.63) is 33.3 Å². The first-order chi connectivity index (χ1) is 7.90. The van der Waals surface area contributed by atoms with E-state index in [1.807, 2.05) is 25.9 Å². The molecule has 0 saturated carbocycles. The van der Waals surface area contributed by atoms with Crippen molar-refractivity contribution < 1.29 is 4.79 Å². The first kappa shape index (κ1) is 14.5. The summed E-state index contributed by atoms with van der Waals surface area (Å²) in [6.45, 7) is 2.78. The van der Waals surface area contributed by atoms with E-state index in [2.05, 4.69) is 21.2 Å². The number of carbonyl (C=O) groups excluding carboxylic acids is 1. The number of amides is 1. The van der Waals surface area contributed by atoms with Crippen LogP contribution in [0.25, 0.3) is 0 Å². The van der Waals surface area contributed by atoms with Crippen molar-refractivity contribution in [3.63, 3.8) is 0 Å². The minimum atomic E-state index is -0.0864. The summed E-state index contributed by atoms with van der Waals surface area (Å²) in [5.41, 5.74) is 0.604. The van der Waals surface area contributed by atoms with Gasteiger partial charge in [0.25, 0.3) is 5.91 Å². The predicted molar refractivity (Wildman–Crippen MR) is 74.6 cm³/mol. The number of hydrogen-bond acceptors (Lipinski definition) is 2. The highest BCUT2D eigenvalue weighted by atomic mass is 79.9. The van der Waals surface area contributed by atoms with Crippen LogP contribution in [0.1, 0.15) is 17.3 Å². The van der Waals surface area contributed by atoms with Gasteiger partial charge in [0.15, 0.2) is 0 Å². The number of hydrogen-bond donors (Lipinski definition) is 1. The molecule has 0 aliphatic carbocycles. The van der Waals surface area contributed by atoms with E-state index in [1.54, 1.807) is 18.2 Å². The van der Waals surface area contributed by atoms with Gasteiger partial charge in [0.2, 0.25) is 0 Å². The average Bonchev–Trinajstić information content (AvgIpc) is 2.20. The molecule has 0 fully saturated rings. The fourth-order valence-electron chi connectivity index (χ4n) is 1.54. The fraction of sp³-hybridized carbons (Fsp3) is 0.417. The van der Waals surface area contributed by atoms with Gasteiger partial charge < -0.3 is 10.2 Å². The van der Waals surface area contributed by atoms with Crippen molar-refractivity contribution in [2.75, 3.05) is 20.6 Å². The third-order valence-corrected chi connectivity index (χ3v) is 3.41. The molecule has 1 amide bonds. The molecular formula is C12H16BrClN2O. The number of benzene rings is 1. The Bertz CT molecular complexity index is 409. The SMILES string of the molecule is CC(CN(C)C)NC(=O)c1ccc(Cl)c(Br)c1. The van der Waals surface area contributed by atoms with E-state index in [0.717, 1.165) is 11.0 Å². The van der Waals surface area contributed by atoms with Gasteiger partial charge >= 0.3 is 0 Å². The smallest absolute Gasteiger partial charge is 0.251 e. The van der Waals surface area contributed by atoms with E-state index < -0.39 is 0 Å². The van der Waals surface area contributed by atoms with Crippen LogP contribution in [-0.4, -0.2) is 37.5 Å². The first-order valence-electron chi connectivity index (χ1n) is 5.31. The Kier molecular flexibility index (Phi) is 5.43. The van der Waals surface area contributed by atoms with Crippen LogP contribution in [-0.2, 0) is 0 Å². The molecule has 1 unspecified atom stereocenters. The maximum absolute atomic E-state index is 11.9. The third kappa shape index (κ3) is 4.66. The lowest BCUT2D eigenvalue weighted by Gasteiger charge is -2.18. The van der Waals surface area contributed by atoms with Gasteiger partial charge in [-0.1, -0.05) is 11.6 Å². The number of halogens is 2. The largest absolute Gasteiger partial charge is 0.348 e. The van der Waals surface area contributed by atoms with Crippen molar-refractivity contribution >= 4 is 33.4 Å². The summed E-state index contributed by atoms with van der Waals surface area (Å²) in [5, 5.41) is 3.53. The zero-order valence-electron chi connectivity index (χ0n) is 10.1. The maximum atomic E-state index is 11.9. The lowest BCUT2D eigenvalue weighted by Crippen LogP contribution is -2.39. The Balaban J connectivity index is 2.66. The third-order valence-electron chi connectivity index (χ3n) is 2.20. The highest BCUT2D eigenvalue weighted by Gasteiger charge is 2.11. The van der Waals surface area contributed by atoms with E-state index in [1.165, 1.54) is 0 Å². The normalized spacial score (nSPS) is 12.6. The van der Waals surface area contributed by atoms with Crippen LogP contribution in [0.5, 0.6) is 0 Å². The van der Waals surface area contributed by atoms with Crippen molar-refractivity contribution in [2.24, 2.45) is 0 Å². The Morgan fingerprint density at radius 3 is 2.71 bits per heavy atom. The second-order valence-corrected chi connectivity index (χ2v) is 5.53. The highest BCUT2D eigenvalue weighted by molar-refractivity contribution is 9.10. The first-order valence-corrected chi connectivity index (χ1v) is 6.48. The van der Waals surface area contributed by atoms with Crippen LogP contribution in [0.2, 0.25) is 5.02 Å². The molecule has 1 aromatic rings. The highest BCUT2D eigenvalue weighted by Crippen LogP contribution is 2.23. The average molecular weight is 320 g/mol. The van der Waals surface area contributed by atoms with E-state index in [4.69, 9.17) is 11.6 Å². The van der Waals surface area contributed by atoms with Crippen molar-refractivity contribution in [2.45, 2.75) is 13.0 Å². The molecule has 1 N–H and O–H groups in total. The predicted octanol–water partition coefficient (Wildman–Crippen LogP) is 2.78. The minimum Gasteiger partial charge on any atom is -0.348 e. The molecule has 0 aliphatic rings. The summed E-state index contributed by atoms with van der Waals surface area (Å²) in [6, 6.07) is 5.24. The summed E-state index contributed by atoms with van der Waals surface area (Å²) in [4.78, 5) is 13.9. The molecule has 0 saturated heterocycles. The van der Waals surface area contributed by atoms with Crippen LogP contribution in [0.3, 0.4) is 0 Å². The van der Waals surface area contributed by atoms with E-state index in [-0.39, 0.29) is 11.9 Å². The van der Waals surface area contributed by atoms with Gasteiger partial charge in [-0.25, -0.2) is 0 Å². The van der Waals surface area contributed by atoms with E-state index in [0.29, 0.717) is 10.6 Å². The van der Waals surface area contributed by atoms with E-state index >= 15 is 0 Å². The molecule has 94 valence electrons. The zero-order chi connectivity index (χ0) is 13.0. The summed E-state index contributed by atoms with van der Waals surface area (Å²) >= 11 is 9.18. The number of rotatable bonds is 4. The summed E-state index contributed by atoms with van der Waals surface area (Å²) in [6.07, 6.45) is 0. The van der Waals surface area contributed by atoms with Crippen LogP contribution >= 0.6 is 27.5 Å². The molecular weight excluding hydrogens is 304 g/mol. The minimum absolute atomic E-state index is 0.0864. The van der Waals surface area contributed by atoms with Gasteiger partial charge in [-0.15, -0.1) is 0 Å². The van der Waals surface area contributed by atoms with Crippen molar-refractivity contribution in [1.82, 2.24) is 10.2 Å². The summed E-state index contributed by atoms with van der Waals surface area (Å²) in [7, 11) is 3.95. The van der Waals surface area contributed by atoms with Crippen molar-refractivity contribution in [1.29, 1.82) is 0 Å². The molecule has 0 aromatic heterocycles. The molecule has 5 heteroatoms. The molecule has 1 aromatic carbocycles. The second kappa shape index (κ2) is 6.38. The van der Waals surface area contributed by atoms with Crippen LogP contribution < -0.4 is 5.32 Å². The van der Waals surface area contributed by atoms with Crippen molar-refractivity contribution in [3.8, 4) is 0 Å². The zero-order valence-corrected chi connectivity index (χ0v) is 12.5. The van der Waals surface area contributed by atoms with E-state index in [9.17, 15) is 4.79 Å². The Hall–Kier alpha value is -0.580. The lowest BCUT2D eigenvalue weighted by atomic mass is 10.2. The number of nitrogens with one attached hydrogen (secondary N) is 1. The molecule has 0 aliphatic heterocycles. The van der Waals surface area contributed by atoms with Gasteiger partial charge in [0.1, 0.15) is 0 Å². The molecule has 17 heavy (non-hydrogen) atoms. The van der Waals surface area contributed by atoms with Crippen LogP contribution in [0, 0.1) is 0 Å². The Morgan fingerprint density at radius 2 is 2.18 bits per heavy atom. The number of nitrogens with zero attached hydrogens (tertiary/aromatic N) is 1. The van der Waals surface area contributed by atoms with Gasteiger partial charge in [-0.3, -0.25) is 4.79 Å². The van der Waals surface area contributed by atoms with Gasteiger partial charge in [-0.2, -0.15) is 0 Å². The molecule has 1 atom stereocenters. The Labute approximate surface area is 115 Å². The monoisotopic (exact) mass is 318 g/mol. The molecule has 0 heterocycles. The Morgan fingerprint density at radius 1 is 1.53 bits per heavy atom. The van der Waals surface area contributed by atoms with Gasteiger partial charge in [-0.05, 0) is 55.1 Å². The number of likely N-dealkylation sites (N-methyl/N-ethyl adjacent to an activating group) is 1. The van der Waals surface area contributed by atoms with Gasteiger partial charge in [0.05, 0.1) is 5.02 Å². The van der Waals surface area contributed by atoms with Crippen LogP contribution in [0.4, 0.5) is 0 Å². The maximum Gasteiger partial charge on any atom is 0.251 e. The molecule has 1 rings (SSSR count). The molecule has 0 spiro atoms. The second-order valence-electron chi connectivity index (χ2n) is 4.27. The summed E-state index contributed by atoms with van der Waals surface area (Å²) < 4.78 is 0.729.